The van der Waals surface area contributed by atoms with Gasteiger partial charge in [0.25, 0.3) is 0 Å². The molecule has 0 saturated heterocycles. The van der Waals surface area contributed by atoms with Crippen LogP contribution < -0.4 is 5.32 Å². The Balaban J connectivity index is 3.02. The van der Waals surface area contributed by atoms with Gasteiger partial charge in [-0.05, 0) is 44.4 Å². The number of ether oxygens (including phenoxy) is 1. The Morgan fingerprint density at radius 2 is 1.84 bits per heavy atom. The lowest BCUT2D eigenvalue weighted by Gasteiger charge is -2.29. The normalized spacial score (nSPS) is 13.9. The second kappa shape index (κ2) is 7.29. The summed E-state index contributed by atoms with van der Waals surface area (Å²) >= 11 is 0. The van der Waals surface area contributed by atoms with E-state index in [-0.39, 0.29) is 5.97 Å². The van der Waals surface area contributed by atoms with Crippen molar-refractivity contribution in [3.8, 4) is 0 Å². The first-order chi connectivity index (χ1) is 9.08. The quantitative estimate of drug-likeness (QED) is 0.768. The Labute approximate surface area is 116 Å². The maximum atomic E-state index is 12.2. The van der Waals surface area contributed by atoms with Gasteiger partial charge in [-0.3, -0.25) is 5.32 Å². The van der Waals surface area contributed by atoms with Gasteiger partial charge >= 0.3 is 5.97 Å². The largest absolute Gasteiger partial charge is 0.464 e. The standard InChI is InChI=1S/C16H25NO2/c1-5-12-17-16(4,15(18)19-7-3)14-10-8-13(6-2)9-11-14/h8-11,17H,5-7,12H2,1-4H3. The van der Waals surface area contributed by atoms with Gasteiger partial charge in [0.1, 0.15) is 5.54 Å². The van der Waals surface area contributed by atoms with Crippen LogP contribution in [0.25, 0.3) is 0 Å². The fourth-order valence-corrected chi connectivity index (χ4v) is 2.02. The molecule has 0 amide bonds. The Hall–Kier alpha value is -1.35. The van der Waals surface area contributed by atoms with E-state index in [1.807, 2.05) is 26.0 Å². The van der Waals surface area contributed by atoms with Gasteiger partial charge in [-0.2, -0.15) is 0 Å². The van der Waals surface area contributed by atoms with E-state index in [4.69, 9.17) is 4.74 Å². The van der Waals surface area contributed by atoms with Crippen LogP contribution >= 0.6 is 0 Å². The van der Waals surface area contributed by atoms with E-state index in [0.29, 0.717) is 6.61 Å². The fraction of sp³-hybridized carbons (Fsp3) is 0.562. The molecule has 3 nitrogen and oxygen atoms in total. The van der Waals surface area contributed by atoms with Crippen LogP contribution in [0.15, 0.2) is 24.3 Å². The summed E-state index contributed by atoms with van der Waals surface area (Å²) in [6.07, 6.45) is 1.97. The third-order valence-corrected chi connectivity index (χ3v) is 3.35. The molecule has 0 aliphatic carbocycles. The predicted molar refractivity (Wildman–Crippen MR) is 78.1 cm³/mol. The highest BCUT2D eigenvalue weighted by molar-refractivity contribution is 5.82. The summed E-state index contributed by atoms with van der Waals surface area (Å²) in [6, 6.07) is 8.16. The molecular formula is C16H25NO2. The van der Waals surface area contributed by atoms with Crippen molar-refractivity contribution in [2.75, 3.05) is 13.2 Å². The molecule has 0 radical (unpaired) electrons. The number of carbonyl (C=O) groups is 1. The summed E-state index contributed by atoms with van der Waals surface area (Å²) in [5.41, 5.74) is 1.46. The average molecular weight is 263 g/mol. The van der Waals surface area contributed by atoms with Crippen LogP contribution in [-0.4, -0.2) is 19.1 Å². The van der Waals surface area contributed by atoms with Gasteiger partial charge in [-0.25, -0.2) is 4.79 Å². The van der Waals surface area contributed by atoms with Crippen molar-refractivity contribution in [2.24, 2.45) is 0 Å². The van der Waals surface area contributed by atoms with Gasteiger partial charge in [-0.1, -0.05) is 38.1 Å². The molecule has 1 unspecified atom stereocenters. The van der Waals surface area contributed by atoms with E-state index in [0.717, 1.165) is 24.9 Å². The molecule has 1 rings (SSSR count). The third kappa shape index (κ3) is 3.80. The molecule has 1 atom stereocenters. The molecule has 19 heavy (non-hydrogen) atoms. The Bertz CT molecular complexity index is 400. The summed E-state index contributed by atoms with van der Waals surface area (Å²) in [5.74, 6) is -0.215. The molecule has 0 spiro atoms. The molecule has 3 heteroatoms. The van der Waals surface area contributed by atoms with E-state index >= 15 is 0 Å². The molecule has 0 saturated carbocycles. The predicted octanol–water partition coefficient (Wildman–Crippen LogP) is 3.03. The average Bonchev–Trinajstić information content (AvgIpc) is 2.45. The van der Waals surface area contributed by atoms with Crippen LogP contribution in [0.4, 0.5) is 0 Å². The van der Waals surface area contributed by atoms with Crippen LogP contribution in [0.5, 0.6) is 0 Å². The molecule has 0 bridgehead atoms. The van der Waals surface area contributed by atoms with E-state index < -0.39 is 5.54 Å². The monoisotopic (exact) mass is 263 g/mol. The van der Waals surface area contributed by atoms with Crippen molar-refractivity contribution in [2.45, 2.75) is 46.1 Å². The molecule has 0 heterocycles. The molecular weight excluding hydrogens is 238 g/mol. The van der Waals surface area contributed by atoms with Gasteiger partial charge in [0.2, 0.25) is 0 Å². The molecule has 0 aliphatic heterocycles. The van der Waals surface area contributed by atoms with E-state index in [1.54, 1.807) is 0 Å². The van der Waals surface area contributed by atoms with Gasteiger partial charge < -0.3 is 4.74 Å². The number of hydrogen-bond acceptors (Lipinski definition) is 3. The summed E-state index contributed by atoms with van der Waals surface area (Å²) < 4.78 is 5.21. The lowest BCUT2D eigenvalue weighted by Crippen LogP contribution is -2.48. The number of nitrogens with one attached hydrogen (secondary N) is 1. The number of esters is 1. The van der Waals surface area contributed by atoms with Crippen LogP contribution in [0.2, 0.25) is 0 Å². The summed E-state index contributed by atoms with van der Waals surface area (Å²) in [4.78, 5) is 12.2. The smallest absolute Gasteiger partial charge is 0.330 e. The van der Waals surface area contributed by atoms with Gasteiger partial charge in [0.15, 0.2) is 0 Å². The van der Waals surface area contributed by atoms with Crippen LogP contribution in [0.1, 0.15) is 45.2 Å². The summed E-state index contributed by atoms with van der Waals surface area (Å²) in [5, 5.41) is 3.31. The first-order valence-electron chi connectivity index (χ1n) is 7.10. The number of hydrogen-bond donors (Lipinski definition) is 1. The number of carbonyl (C=O) groups excluding carboxylic acids is 1. The minimum atomic E-state index is -0.766. The van der Waals surface area contributed by atoms with E-state index in [9.17, 15) is 4.79 Å². The van der Waals surface area contributed by atoms with Gasteiger partial charge in [0.05, 0.1) is 6.61 Å². The van der Waals surface area contributed by atoms with Crippen LogP contribution in [0, 0.1) is 0 Å². The second-order valence-electron chi connectivity index (χ2n) is 4.82. The fourth-order valence-electron chi connectivity index (χ4n) is 2.02. The van der Waals surface area contributed by atoms with Crippen molar-refractivity contribution in [3.63, 3.8) is 0 Å². The minimum Gasteiger partial charge on any atom is -0.464 e. The molecule has 0 aromatic heterocycles. The summed E-state index contributed by atoms with van der Waals surface area (Å²) in [6.45, 7) is 9.10. The second-order valence-corrected chi connectivity index (χ2v) is 4.82. The molecule has 0 fully saturated rings. The maximum Gasteiger partial charge on any atom is 0.330 e. The lowest BCUT2D eigenvalue weighted by molar-refractivity contribution is -0.151. The number of aryl methyl sites for hydroxylation is 1. The third-order valence-electron chi connectivity index (χ3n) is 3.35. The number of rotatable bonds is 7. The van der Waals surface area contributed by atoms with Crippen molar-refractivity contribution >= 4 is 5.97 Å². The molecule has 1 aromatic carbocycles. The first-order valence-corrected chi connectivity index (χ1v) is 7.10. The van der Waals surface area contributed by atoms with E-state index in [2.05, 4.69) is 31.3 Å². The zero-order valence-corrected chi connectivity index (χ0v) is 12.5. The van der Waals surface area contributed by atoms with E-state index in [1.165, 1.54) is 5.56 Å². The minimum absolute atomic E-state index is 0.215. The zero-order chi connectivity index (χ0) is 14.3. The highest BCUT2D eigenvalue weighted by Crippen LogP contribution is 2.23. The van der Waals surface area contributed by atoms with Crippen molar-refractivity contribution in [1.29, 1.82) is 0 Å². The highest BCUT2D eigenvalue weighted by atomic mass is 16.5. The SMILES string of the molecule is CCCNC(C)(C(=O)OCC)c1ccc(CC)cc1. The van der Waals surface area contributed by atoms with Crippen molar-refractivity contribution < 1.29 is 9.53 Å². The first kappa shape index (κ1) is 15.7. The van der Waals surface area contributed by atoms with Gasteiger partial charge in [0, 0.05) is 0 Å². The molecule has 1 aromatic rings. The topological polar surface area (TPSA) is 38.3 Å². The van der Waals surface area contributed by atoms with Gasteiger partial charge in [-0.15, -0.1) is 0 Å². The summed E-state index contributed by atoms with van der Waals surface area (Å²) in [7, 11) is 0. The molecule has 106 valence electrons. The van der Waals surface area contributed by atoms with Crippen molar-refractivity contribution in [3.05, 3.63) is 35.4 Å². The van der Waals surface area contributed by atoms with Crippen molar-refractivity contribution in [1.82, 2.24) is 5.32 Å². The van der Waals surface area contributed by atoms with Crippen LogP contribution in [0.3, 0.4) is 0 Å². The Morgan fingerprint density at radius 3 is 2.32 bits per heavy atom. The molecule has 0 aliphatic rings. The lowest BCUT2D eigenvalue weighted by atomic mass is 9.91. The Kier molecular flexibility index (Phi) is 6.03. The highest BCUT2D eigenvalue weighted by Gasteiger charge is 2.35. The maximum absolute atomic E-state index is 12.2. The number of benzene rings is 1. The van der Waals surface area contributed by atoms with Crippen LogP contribution in [-0.2, 0) is 21.5 Å². The molecule has 1 N–H and O–H groups in total. The zero-order valence-electron chi connectivity index (χ0n) is 12.5. The Morgan fingerprint density at radius 1 is 1.21 bits per heavy atom.